The summed E-state index contributed by atoms with van der Waals surface area (Å²) in [7, 11) is 0. The average Bonchev–Trinajstić information content (AvgIpc) is 3.02. The predicted molar refractivity (Wildman–Crippen MR) is 74.0 cm³/mol. The molecule has 4 atom stereocenters. The first-order valence-electron chi connectivity index (χ1n) is 7.06. The highest BCUT2D eigenvalue weighted by atomic mass is 19.1. The van der Waals surface area contributed by atoms with Gasteiger partial charge in [0.2, 0.25) is 0 Å². The summed E-state index contributed by atoms with van der Waals surface area (Å²) in [6, 6.07) is 3.65. The number of carbonyl (C=O) groups is 2. The van der Waals surface area contributed by atoms with Gasteiger partial charge in [-0.25, -0.2) is 4.39 Å². The van der Waals surface area contributed by atoms with Gasteiger partial charge in [-0.05, 0) is 43.2 Å². The average molecular weight is 292 g/mol. The van der Waals surface area contributed by atoms with Gasteiger partial charge >= 0.3 is 5.97 Å². The summed E-state index contributed by atoms with van der Waals surface area (Å²) in [6.07, 6.45) is 2.66. The second kappa shape index (κ2) is 5.02. The van der Waals surface area contributed by atoms with Gasteiger partial charge in [0, 0.05) is 6.04 Å². The summed E-state index contributed by atoms with van der Waals surface area (Å²) >= 11 is 0. The number of carboxylic acid groups (broad SMARTS) is 1. The number of aliphatic carboxylic acids is 1. The second-order valence-corrected chi connectivity index (χ2v) is 5.90. The van der Waals surface area contributed by atoms with E-state index in [0.717, 1.165) is 19.3 Å². The maximum atomic E-state index is 13.4. The Morgan fingerprint density at radius 2 is 2.00 bits per heavy atom. The van der Waals surface area contributed by atoms with E-state index in [-0.39, 0.29) is 23.1 Å². The van der Waals surface area contributed by atoms with Crippen LogP contribution in [0.2, 0.25) is 0 Å². The summed E-state index contributed by atoms with van der Waals surface area (Å²) in [6.45, 7) is 0. The van der Waals surface area contributed by atoms with Gasteiger partial charge in [-0.1, -0.05) is 6.07 Å². The van der Waals surface area contributed by atoms with Gasteiger partial charge in [-0.15, -0.1) is 0 Å². The van der Waals surface area contributed by atoms with Crippen molar-refractivity contribution in [1.29, 1.82) is 0 Å². The van der Waals surface area contributed by atoms with E-state index in [4.69, 9.17) is 5.73 Å². The molecule has 1 aromatic carbocycles. The van der Waals surface area contributed by atoms with E-state index in [2.05, 4.69) is 5.32 Å². The van der Waals surface area contributed by atoms with Gasteiger partial charge in [0.05, 0.1) is 17.2 Å². The number of fused-ring (bicyclic) bond motifs is 2. The standard InChI is InChI=1S/C15H17FN2O3/c16-10-3-1-2-9(12(10)17)14(19)18-13-8-5-4-7(6-8)11(13)15(20)21/h1-3,7-8,11,13H,4-6,17H2,(H,18,19)(H,20,21). The highest BCUT2D eigenvalue weighted by Crippen LogP contribution is 2.48. The number of amides is 1. The van der Waals surface area contributed by atoms with Crippen molar-refractivity contribution in [3.05, 3.63) is 29.6 Å². The van der Waals surface area contributed by atoms with E-state index in [9.17, 15) is 19.1 Å². The molecule has 0 radical (unpaired) electrons. The molecule has 0 spiro atoms. The van der Waals surface area contributed by atoms with E-state index >= 15 is 0 Å². The van der Waals surface area contributed by atoms with Crippen LogP contribution in [0.15, 0.2) is 18.2 Å². The molecule has 2 bridgehead atoms. The topological polar surface area (TPSA) is 92.4 Å². The number of hydrogen-bond donors (Lipinski definition) is 3. The van der Waals surface area contributed by atoms with E-state index in [0.29, 0.717) is 0 Å². The Morgan fingerprint density at radius 3 is 2.71 bits per heavy atom. The Bertz CT molecular complexity index is 605. The van der Waals surface area contributed by atoms with Gasteiger partial charge in [0.15, 0.2) is 0 Å². The lowest BCUT2D eigenvalue weighted by Crippen LogP contribution is -2.47. The maximum Gasteiger partial charge on any atom is 0.308 e. The number of nitrogens with one attached hydrogen (secondary N) is 1. The molecule has 0 aliphatic heterocycles. The molecule has 0 heterocycles. The minimum atomic E-state index is -0.875. The third-order valence-corrected chi connectivity index (χ3v) is 4.80. The van der Waals surface area contributed by atoms with Crippen molar-refractivity contribution < 1.29 is 19.1 Å². The zero-order chi connectivity index (χ0) is 15.1. The van der Waals surface area contributed by atoms with Crippen LogP contribution in [0.1, 0.15) is 29.6 Å². The highest BCUT2D eigenvalue weighted by Gasteiger charge is 2.51. The third kappa shape index (κ3) is 2.24. The van der Waals surface area contributed by atoms with Crippen LogP contribution in [0.25, 0.3) is 0 Å². The SMILES string of the molecule is Nc1c(F)cccc1C(=O)NC1C2CCC(C2)C1C(=O)O. The number of anilines is 1. The Balaban J connectivity index is 1.81. The number of rotatable bonds is 3. The fourth-order valence-electron chi connectivity index (χ4n) is 3.82. The first-order valence-corrected chi connectivity index (χ1v) is 7.06. The first kappa shape index (κ1) is 13.9. The maximum absolute atomic E-state index is 13.4. The van der Waals surface area contributed by atoms with Crippen LogP contribution in [0.5, 0.6) is 0 Å². The quantitative estimate of drug-likeness (QED) is 0.738. The number of benzene rings is 1. The fraction of sp³-hybridized carbons (Fsp3) is 0.467. The monoisotopic (exact) mass is 292 g/mol. The zero-order valence-corrected chi connectivity index (χ0v) is 11.4. The van der Waals surface area contributed by atoms with Gasteiger partial charge in [-0.3, -0.25) is 9.59 Å². The predicted octanol–water partition coefficient (Wildman–Crippen LogP) is 1.64. The lowest BCUT2D eigenvalue weighted by Gasteiger charge is -2.29. The Kier molecular flexibility index (Phi) is 3.31. The molecule has 2 fully saturated rings. The van der Waals surface area contributed by atoms with Crippen molar-refractivity contribution in [1.82, 2.24) is 5.32 Å². The number of carboxylic acids is 1. The highest BCUT2D eigenvalue weighted by molar-refractivity contribution is 5.99. The van der Waals surface area contributed by atoms with Crippen LogP contribution >= 0.6 is 0 Å². The van der Waals surface area contributed by atoms with E-state index in [1.54, 1.807) is 0 Å². The van der Waals surface area contributed by atoms with Gasteiger partial charge < -0.3 is 16.2 Å². The van der Waals surface area contributed by atoms with Crippen molar-refractivity contribution in [3.63, 3.8) is 0 Å². The summed E-state index contributed by atoms with van der Waals surface area (Å²) in [4.78, 5) is 23.7. The van der Waals surface area contributed by atoms with Gasteiger partial charge in [0.25, 0.3) is 5.91 Å². The Hall–Kier alpha value is -2.11. The van der Waals surface area contributed by atoms with Crippen LogP contribution < -0.4 is 11.1 Å². The molecule has 6 heteroatoms. The molecule has 21 heavy (non-hydrogen) atoms. The zero-order valence-electron chi connectivity index (χ0n) is 11.4. The van der Waals surface area contributed by atoms with Crippen LogP contribution in [0.4, 0.5) is 10.1 Å². The molecule has 0 aromatic heterocycles. The molecular weight excluding hydrogens is 275 g/mol. The second-order valence-electron chi connectivity index (χ2n) is 5.90. The van der Waals surface area contributed by atoms with Crippen LogP contribution in [0, 0.1) is 23.6 Å². The summed E-state index contributed by atoms with van der Waals surface area (Å²) < 4.78 is 13.4. The molecule has 5 nitrogen and oxygen atoms in total. The normalized spacial score (nSPS) is 30.3. The van der Waals surface area contributed by atoms with Crippen molar-refractivity contribution >= 4 is 17.6 Å². The summed E-state index contributed by atoms with van der Waals surface area (Å²) in [5.74, 6) is -2.26. The molecular formula is C15H17FN2O3. The van der Waals surface area contributed by atoms with E-state index in [1.165, 1.54) is 18.2 Å². The van der Waals surface area contributed by atoms with Crippen molar-refractivity contribution in [2.24, 2.45) is 17.8 Å². The van der Waals surface area contributed by atoms with Crippen LogP contribution in [-0.2, 0) is 4.79 Å². The molecule has 1 aromatic rings. The molecule has 2 aliphatic rings. The molecule has 2 aliphatic carbocycles. The van der Waals surface area contributed by atoms with Gasteiger partial charge in [0.1, 0.15) is 5.82 Å². The summed E-state index contributed by atoms with van der Waals surface area (Å²) in [5, 5.41) is 12.1. The lowest BCUT2D eigenvalue weighted by atomic mass is 9.84. The minimum absolute atomic E-state index is 0.0573. The van der Waals surface area contributed by atoms with E-state index in [1.807, 2.05) is 0 Å². The Morgan fingerprint density at radius 1 is 1.29 bits per heavy atom. The summed E-state index contributed by atoms with van der Waals surface area (Å²) in [5.41, 5.74) is 5.43. The number of hydrogen-bond acceptors (Lipinski definition) is 3. The molecule has 3 rings (SSSR count). The number of halogens is 1. The molecule has 0 saturated heterocycles. The van der Waals surface area contributed by atoms with Crippen LogP contribution in [-0.4, -0.2) is 23.0 Å². The van der Waals surface area contributed by atoms with Crippen molar-refractivity contribution in [3.8, 4) is 0 Å². The third-order valence-electron chi connectivity index (χ3n) is 4.80. The number of para-hydroxylation sites is 1. The van der Waals surface area contributed by atoms with Crippen molar-refractivity contribution in [2.45, 2.75) is 25.3 Å². The smallest absolute Gasteiger partial charge is 0.308 e. The van der Waals surface area contributed by atoms with E-state index < -0.39 is 29.7 Å². The van der Waals surface area contributed by atoms with Gasteiger partial charge in [-0.2, -0.15) is 0 Å². The number of nitrogen functional groups attached to an aromatic ring is 1. The molecule has 2 saturated carbocycles. The molecule has 4 unspecified atom stereocenters. The largest absolute Gasteiger partial charge is 0.481 e. The molecule has 112 valence electrons. The minimum Gasteiger partial charge on any atom is -0.481 e. The van der Waals surface area contributed by atoms with Crippen LogP contribution in [0.3, 0.4) is 0 Å². The molecule has 4 N–H and O–H groups in total. The number of nitrogens with two attached hydrogens (primary N) is 1. The molecule has 1 amide bonds. The number of carbonyl (C=O) groups excluding carboxylic acids is 1. The Labute approximate surface area is 121 Å². The lowest BCUT2D eigenvalue weighted by molar-refractivity contribution is -0.144. The van der Waals surface area contributed by atoms with Crippen molar-refractivity contribution in [2.75, 3.05) is 5.73 Å². The fourth-order valence-corrected chi connectivity index (χ4v) is 3.82. The first-order chi connectivity index (χ1) is 9.99.